The molecule has 0 aromatic heterocycles. The van der Waals surface area contributed by atoms with Crippen LogP contribution in [0.15, 0.2) is 18.2 Å². The van der Waals surface area contributed by atoms with Gasteiger partial charge < -0.3 is 11.1 Å². The third-order valence-electron chi connectivity index (χ3n) is 3.79. The van der Waals surface area contributed by atoms with Gasteiger partial charge in [0.05, 0.1) is 0 Å². The lowest BCUT2D eigenvalue weighted by Crippen LogP contribution is -2.49. The first-order chi connectivity index (χ1) is 8.13. The third-order valence-corrected chi connectivity index (χ3v) is 3.79. The van der Waals surface area contributed by atoms with E-state index in [4.69, 9.17) is 5.73 Å². The van der Waals surface area contributed by atoms with E-state index in [0.717, 1.165) is 24.8 Å². The number of nitrogens with one attached hydrogen (secondary N) is 1. The van der Waals surface area contributed by atoms with Crippen LogP contribution in [0.3, 0.4) is 0 Å². The fourth-order valence-corrected chi connectivity index (χ4v) is 2.59. The van der Waals surface area contributed by atoms with Gasteiger partial charge in [-0.05, 0) is 37.0 Å². The van der Waals surface area contributed by atoms with Crippen molar-refractivity contribution < 1.29 is 8.78 Å². The molecule has 2 nitrogen and oxygen atoms in total. The minimum atomic E-state index is -0.774. The zero-order valence-electron chi connectivity index (χ0n) is 9.50. The van der Waals surface area contributed by atoms with Gasteiger partial charge in [0, 0.05) is 24.0 Å². The van der Waals surface area contributed by atoms with Crippen LogP contribution >= 0.6 is 0 Å². The molecular formula is C13H16F2N2. The highest BCUT2D eigenvalue weighted by Gasteiger charge is 2.41. The average molecular weight is 238 g/mol. The van der Waals surface area contributed by atoms with Gasteiger partial charge in [-0.2, -0.15) is 0 Å². The van der Waals surface area contributed by atoms with Gasteiger partial charge in [0.1, 0.15) is 0 Å². The predicted octanol–water partition coefficient (Wildman–Crippen LogP) is 1.90. The quantitative estimate of drug-likeness (QED) is 0.844. The number of benzene rings is 1. The summed E-state index contributed by atoms with van der Waals surface area (Å²) in [5.74, 6) is -1.19. The van der Waals surface area contributed by atoms with E-state index in [9.17, 15) is 8.78 Å². The zero-order chi connectivity index (χ0) is 12.0. The molecule has 92 valence electrons. The summed E-state index contributed by atoms with van der Waals surface area (Å²) < 4.78 is 25.9. The summed E-state index contributed by atoms with van der Waals surface area (Å²) in [5, 5.41) is 3.51. The molecule has 2 saturated carbocycles. The highest BCUT2D eigenvalue weighted by Crippen LogP contribution is 2.42. The second-order valence-electron chi connectivity index (χ2n) is 5.22. The van der Waals surface area contributed by atoms with E-state index < -0.39 is 11.6 Å². The van der Waals surface area contributed by atoms with Crippen LogP contribution in [0.4, 0.5) is 8.78 Å². The normalized spacial score (nSPS) is 35.5. The second kappa shape index (κ2) is 4.03. The zero-order valence-corrected chi connectivity index (χ0v) is 9.50. The minimum Gasteiger partial charge on any atom is -0.328 e. The van der Waals surface area contributed by atoms with E-state index in [1.807, 2.05) is 0 Å². The molecule has 1 aromatic carbocycles. The van der Waals surface area contributed by atoms with Gasteiger partial charge in [0.25, 0.3) is 0 Å². The standard InChI is InChI=1S/C13H16F2N2/c14-11-2-1-7(3-12(11)15)10-6-13(10)17-9-4-8(16)5-9/h1-3,8-10,13,17H,4-6,16H2/t8-,9+,10-,13+/m1/s1. The van der Waals surface area contributed by atoms with Gasteiger partial charge in [0.15, 0.2) is 11.6 Å². The second-order valence-corrected chi connectivity index (χ2v) is 5.22. The summed E-state index contributed by atoms with van der Waals surface area (Å²) in [4.78, 5) is 0. The van der Waals surface area contributed by atoms with Gasteiger partial charge in [-0.15, -0.1) is 0 Å². The molecule has 2 atom stereocenters. The van der Waals surface area contributed by atoms with E-state index in [2.05, 4.69) is 5.32 Å². The van der Waals surface area contributed by atoms with Crippen molar-refractivity contribution in [1.29, 1.82) is 0 Å². The molecule has 17 heavy (non-hydrogen) atoms. The van der Waals surface area contributed by atoms with E-state index in [1.54, 1.807) is 6.07 Å². The maximum atomic E-state index is 13.1. The first kappa shape index (κ1) is 11.1. The lowest BCUT2D eigenvalue weighted by Gasteiger charge is -2.33. The van der Waals surface area contributed by atoms with Gasteiger partial charge in [-0.1, -0.05) is 6.07 Å². The van der Waals surface area contributed by atoms with Crippen LogP contribution in [0.1, 0.15) is 30.7 Å². The molecule has 2 aliphatic carbocycles. The Balaban J connectivity index is 1.58. The molecule has 0 spiro atoms. The molecule has 0 bridgehead atoms. The van der Waals surface area contributed by atoms with Gasteiger partial charge in [-0.3, -0.25) is 0 Å². The summed E-state index contributed by atoms with van der Waals surface area (Å²) in [6.07, 6.45) is 3.07. The molecule has 2 fully saturated rings. The van der Waals surface area contributed by atoms with Crippen LogP contribution in [0.2, 0.25) is 0 Å². The molecule has 0 radical (unpaired) electrons. The van der Waals surface area contributed by atoms with Crippen molar-refractivity contribution >= 4 is 0 Å². The van der Waals surface area contributed by atoms with Gasteiger partial charge in [0.2, 0.25) is 0 Å². The van der Waals surface area contributed by atoms with Crippen LogP contribution in [0.25, 0.3) is 0 Å². The number of hydrogen-bond donors (Lipinski definition) is 2. The van der Waals surface area contributed by atoms with Crippen LogP contribution in [-0.2, 0) is 0 Å². The summed E-state index contributed by atoms with van der Waals surface area (Å²) in [6.45, 7) is 0. The van der Waals surface area contributed by atoms with Crippen LogP contribution in [0, 0.1) is 11.6 Å². The Bertz CT molecular complexity index is 429. The fraction of sp³-hybridized carbons (Fsp3) is 0.538. The number of nitrogens with two attached hydrogens (primary N) is 1. The predicted molar refractivity (Wildman–Crippen MR) is 61.6 cm³/mol. The number of halogens is 2. The third kappa shape index (κ3) is 2.19. The Hall–Kier alpha value is -1.00. The lowest BCUT2D eigenvalue weighted by molar-refractivity contribution is 0.289. The Morgan fingerprint density at radius 1 is 1.12 bits per heavy atom. The molecule has 0 heterocycles. The van der Waals surface area contributed by atoms with Crippen molar-refractivity contribution in [3.05, 3.63) is 35.4 Å². The topological polar surface area (TPSA) is 38.0 Å². The highest BCUT2D eigenvalue weighted by atomic mass is 19.2. The van der Waals surface area contributed by atoms with E-state index in [-0.39, 0.29) is 0 Å². The SMILES string of the molecule is N[C@H]1C[C@@H](N[C@H]2C[C@@H]2c2ccc(F)c(F)c2)C1. The largest absolute Gasteiger partial charge is 0.328 e. The van der Waals surface area contributed by atoms with Crippen LogP contribution in [0.5, 0.6) is 0 Å². The van der Waals surface area contributed by atoms with Crippen molar-refractivity contribution in [2.24, 2.45) is 5.73 Å². The maximum Gasteiger partial charge on any atom is 0.159 e. The molecule has 1 aromatic rings. The van der Waals surface area contributed by atoms with Gasteiger partial charge >= 0.3 is 0 Å². The summed E-state index contributed by atoms with van der Waals surface area (Å²) in [5.41, 5.74) is 6.61. The van der Waals surface area contributed by atoms with Crippen molar-refractivity contribution in [3.8, 4) is 0 Å². The molecule has 4 heteroatoms. The Kier molecular flexibility index (Phi) is 2.64. The molecular weight excluding hydrogens is 222 g/mol. The first-order valence-corrected chi connectivity index (χ1v) is 6.10. The molecule has 2 aliphatic rings. The van der Waals surface area contributed by atoms with Crippen molar-refractivity contribution in [1.82, 2.24) is 5.32 Å². The van der Waals surface area contributed by atoms with E-state index >= 15 is 0 Å². The summed E-state index contributed by atoms with van der Waals surface area (Å²) >= 11 is 0. The first-order valence-electron chi connectivity index (χ1n) is 6.10. The highest BCUT2D eigenvalue weighted by molar-refractivity contribution is 5.29. The van der Waals surface area contributed by atoms with Crippen molar-refractivity contribution in [3.63, 3.8) is 0 Å². The van der Waals surface area contributed by atoms with Crippen LogP contribution < -0.4 is 11.1 Å². The van der Waals surface area contributed by atoms with Crippen molar-refractivity contribution in [2.45, 2.75) is 43.3 Å². The van der Waals surface area contributed by atoms with E-state index in [0.29, 0.717) is 24.0 Å². The molecule has 3 rings (SSSR count). The summed E-state index contributed by atoms with van der Waals surface area (Å²) in [6, 6.07) is 5.47. The fourth-order valence-electron chi connectivity index (χ4n) is 2.59. The Labute approximate surface area is 99.2 Å². The monoisotopic (exact) mass is 238 g/mol. The Morgan fingerprint density at radius 2 is 1.88 bits per heavy atom. The Morgan fingerprint density at radius 3 is 2.53 bits per heavy atom. The number of hydrogen-bond acceptors (Lipinski definition) is 2. The minimum absolute atomic E-state index is 0.335. The van der Waals surface area contributed by atoms with Crippen molar-refractivity contribution in [2.75, 3.05) is 0 Å². The molecule has 0 amide bonds. The van der Waals surface area contributed by atoms with E-state index in [1.165, 1.54) is 12.1 Å². The van der Waals surface area contributed by atoms with Crippen LogP contribution in [-0.4, -0.2) is 18.1 Å². The van der Waals surface area contributed by atoms with Gasteiger partial charge in [-0.25, -0.2) is 8.78 Å². The molecule has 0 aliphatic heterocycles. The average Bonchev–Trinajstić information content (AvgIpc) is 2.99. The molecule has 0 saturated heterocycles. The molecule has 0 unspecified atom stereocenters. The smallest absolute Gasteiger partial charge is 0.159 e. The lowest BCUT2D eigenvalue weighted by atomic mass is 9.87. The molecule has 3 N–H and O–H groups in total. The summed E-state index contributed by atoms with van der Waals surface area (Å²) in [7, 11) is 0. The maximum absolute atomic E-state index is 13.1. The number of rotatable bonds is 3.